The van der Waals surface area contributed by atoms with Crippen LogP contribution in [0.5, 0.6) is 5.75 Å². The minimum absolute atomic E-state index is 0.0887. The van der Waals surface area contributed by atoms with Gasteiger partial charge >= 0.3 is 0 Å². The summed E-state index contributed by atoms with van der Waals surface area (Å²) in [6.07, 6.45) is 5.46. The molecule has 0 spiro atoms. The zero-order valence-electron chi connectivity index (χ0n) is 13.2. The van der Waals surface area contributed by atoms with Crippen LogP contribution in [0.4, 0.5) is 0 Å². The van der Waals surface area contributed by atoms with Crippen LogP contribution in [0.25, 0.3) is 11.4 Å². The number of aromatic nitrogens is 2. The number of ether oxygens (including phenoxy) is 1. The lowest BCUT2D eigenvalue weighted by atomic mass is 9.89. The Balaban J connectivity index is 1.59. The summed E-state index contributed by atoms with van der Waals surface area (Å²) in [6.45, 7) is 0.270. The van der Waals surface area contributed by atoms with E-state index in [1.54, 1.807) is 7.11 Å². The average Bonchev–Trinajstić information content (AvgIpc) is 3.09. The Labute approximate surface area is 135 Å². The summed E-state index contributed by atoms with van der Waals surface area (Å²) >= 11 is 0. The van der Waals surface area contributed by atoms with E-state index in [0.717, 1.165) is 37.0 Å². The molecule has 122 valence electrons. The molecule has 1 amide bonds. The summed E-state index contributed by atoms with van der Waals surface area (Å²) < 4.78 is 10.4. The quantitative estimate of drug-likeness (QED) is 0.918. The molecule has 6 nitrogen and oxygen atoms in total. The highest BCUT2D eigenvalue weighted by Gasteiger charge is 2.21. The van der Waals surface area contributed by atoms with Gasteiger partial charge in [-0.3, -0.25) is 4.79 Å². The average molecular weight is 315 g/mol. The maximum atomic E-state index is 12.1. The highest BCUT2D eigenvalue weighted by Crippen LogP contribution is 2.24. The Kier molecular flexibility index (Phi) is 4.90. The number of hydrogen-bond acceptors (Lipinski definition) is 5. The SMILES string of the molecule is COc1cccc(-c2noc(CNC(=O)C3CCCCC3)n2)c1. The molecule has 1 aromatic carbocycles. The van der Waals surface area contributed by atoms with Gasteiger partial charge in [0.05, 0.1) is 13.7 Å². The number of hydrogen-bond donors (Lipinski definition) is 1. The lowest BCUT2D eigenvalue weighted by Crippen LogP contribution is -2.31. The van der Waals surface area contributed by atoms with Crippen molar-refractivity contribution in [3.8, 4) is 17.1 Å². The van der Waals surface area contributed by atoms with Crippen molar-refractivity contribution in [1.29, 1.82) is 0 Å². The normalized spacial score (nSPS) is 15.3. The van der Waals surface area contributed by atoms with Gasteiger partial charge in [-0.2, -0.15) is 4.98 Å². The fourth-order valence-electron chi connectivity index (χ4n) is 2.88. The predicted molar refractivity (Wildman–Crippen MR) is 84.7 cm³/mol. The summed E-state index contributed by atoms with van der Waals surface area (Å²) in [5.41, 5.74) is 0.818. The molecule has 1 saturated carbocycles. The lowest BCUT2D eigenvalue weighted by molar-refractivity contribution is -0.126. The molecule has 1 aliphatic carbocycles. The van der Waals surface area contributed by atoms with Gasteiger partial charge in [0.2, 0.25) is 17.6 Å². The van der Waals surface area contributed by atoms with E-state index in [-0.39, 0.29) is 18.4 Å². The molecule has 0 unspecified atom stereocenters. The van der Waals surface area contributed by atoms with Gasteiger partial charge in [-0.25, -0.2) is 0 Å². The van der Waals surface area contributed by atoms with Crippen LogP contribution in [0.15, 0.2) is 28.8 Å². The molecule has 1 aromatic heterocycles. The van der Waals surface area contributed by atoms with Gasteiger partial charge < -0.3 is 14.6 Å². The number of methoxy groups -OCH3 is 1. The maximum absolute atomic E-state index is 12.1. The van der Waals surface area contributed by atoms with Gasteiger partial charge in [0.1, 0.15) is 5.75 Å². The van der Waals surface area contributed by atoms with Gasteiger partial charge in [-0.1, -0.05) is 36.6 Å². The van der Waals surface area contributed by atoms with Crippen LogP contribution in [0.1, 0.15) is 38.0 Å². The first-order valence-corrected chi connectivity index (χ1v) is 8.01. The summed E-state index contributed by atoms with van der Waals surface area (Å²) in [5.74, 6) is 1.85. The number of carbonyl (C=O) groups is 1. The van der Waals surface area contributed by atoms with E-state index in [2.05, 4.69) is 15.5 Å². The molecule has 0 atom stereocenters. The minimum atomic E-state index is 0.0887. The number of rotatable bonds is 5. The number of benzene rings is 1. The van der Waals surface area contributed by atoms with Crippen molar-refractivity contribution < 1.29 is 14.1 Å². The predicted octanol–water partition coefficient (Wildman–Crippen LogP) is 2.94. The van der Waals surface area contributed by atoms with Gasteiger partial charge in [0.25, 0.3) is 0 Å². The monoisotopic (exact) mass is 315 g/mol. The molecule has 6 heteroatoms. The van der Waals surface area contributed by atoms with E-state index in [0.29, 0.717) is 11.7 Å². The minimum Gasteiger partial charge on any atom is -0.497 e. The van der Waals surface area contributed by atoms with E-state index in [1.165, 1.54) is 6.42 Å². The van der Waals surface area contributed by atoms with E-state index in [1.807, 2.05) is 24.3 Å². The molecule has 2 aromatic rings. The van der Waals surface area contributed by atoms with Crippen LogP contribution >= 0.6 is 0 Å². The van der Waals surface area contributed by atoms with E-state index in [4.69, 9.17) is 9.26 Å². The first-order chi connectivity index (χ1) is 11.3. The van der Waals surface area contributed by atoms with Crippen LogP contribution in [-0.4, -0.2) is 23.2 Å². The van der Waals surface area contributed by atoms with Crippen molar-refractivity contribution in [3.63, 3.8) is 0 Å². The van der Waals surface area contributed by atoms with Crippen molar-refractivity contribution in [3.05, 3.63) is 30.2 Å². The Morgan fingerprint density at radius 1 is 1.35 bits per heavy atom. The van der Waals surface area contributed by atoms with Crippen molar-refractivity contribution in [2.75, 3.05) is 7.11 Å². The summed E-state index contributed by atoms with van der Waals surface area (Å²) in [5, 5.41) is 6.86. The van der Waals surface area contributed by atoms with Gasteiger partial charge in [0.15, 0.2) is 0 Å². The van der Waals surface area contributed by atoms with Crippen LogP contribution < -0.4 is 10.1 Å². The zero-order valence-corrected chi connectivity index (χ0v) is 13.2. The maximum Gasteiger partial charge on any atom is 0.246 e. The number of carbonyl (C=O) groups excluding carboxylic acids is 1. The fraction of sp³-hybridized carbons (Fsp3) is 0.471. The lowest BCUT2D eigenvalue weighted by Gasteiger charge is -2.20. The summed E-state index contributed by atoms with van der Waals surface area (Å²) in [6, 6.07) is 7.46. The third kappa shape index (κ3) is 3.88. The molecule has 3 rings (SSSR count). The first kappa shape index (κ1) is 15.5. The third-order valence-corrected chi connectivity index (χ3v) is 4.19. The molecular formula is C17H21N3O3. The Morgan fingerprint density at radius 2 is 2.17 bits per heavy atom. The molecule has 1 fully saturated rings. The van der Waals surface area contributed by atoms with Crippen molar-refractivity contribution in [2.45, 2.75) is 38.6 Å². The molecule has 0 saturated heterocycles. The molecule has 1 N–H and O–H groups in total. The molecule has 0 bridgehead atoms. The molecule has 23 heavy (non-hydrogen) atoms. The summed E-state index contributed by atoms with van der Waals surface area (Å²) in [7, 11) is 1.61. The molecule has 1 heterocycles. The van der Waals surface area contributed by atoms with Crippen LogP contribution in [0.3, 0.4) is 0 Å². The Hall–Kier alpha value is -2.37. The van der Waals surface area contributed by atoms with Gasteiger partial charge in [-0.15, -0.1) is 0 Å². The molecule has 1 aliphatic rings. The van der Waals surface area contributed by atoms with Crippen molar-refractivity contribution in [1.82, 2.24) is 15.5 Å². The summed E-state index contributed by atoms with van der Waals surface area (Å²) in [4.78, 5) is 16.4. The molecule has 0 aliphatic heterocycles. The topological polar surface area (TPSA) is 77.3 Å². The fourth-order valence-corrected chi connectivity index (χ4v) is 2.88. The highest BCUT2D eigenvalue weighted by atomic mass is 16.5. The Morgan fingerprint density at radius 3 is 2.96 bits per heavy atom. The number of amides is 1. The van der Waals surface area contributed by atoms with E-state index < -0.39 is 0 Å². The second kappa shape index (κ2) is 7.26. The van der Waals surface area contributed by atoms with Gasteiger partial charge in [-0.05, 0) is 25.0 Å². The third-order valence-electron chi connectivity index (χ3n) is 4.19. The van der Waals surface area contributed by atoms with Crippen molar-refractivity contribution >= 4 is 5.91 Å². The standard InChI is InChI=1S/C17H21N3O3/c1-22-14-9-5-8-13(10-14)16-19-15(23-20-16)11-18-17(21)12-6-3-2-4-7-12/h5,8-10,12H,2-4,6-7,11H2,1H3,(H,18,21). The smallest absolute Gasteiger partial charge is 0.246 e. The second-order valence-corrected chi connectivity index (χ2v) is 5.80. The van der Waals surface area contributed by atoms with Crippen molar-refractivity contribution in [2.24, 2.45) is 5.92 Å². The van der Waals surface area contributed by atoms with Crippen LogP contribution in [0, 0.1) is 5.92 Å². The second-order valence-electron chi connectivity index (χ2n) is 5.80. The van der Waals surface area contributed by atoms with Crippen LogP contribution in [0.2, 0.25) is 0 Å². The van der Waals surface area contributed by atoms with E-state index >= 15 is 0 Å². The van der Waals surface area contributed by atoms with E-state index in [9.17, 15) is 4.79 Å². The van der Waals surface area contributed by atoms with Gasteiger partial charge in [0, 0.05) is 11.5 Å². The van der Waals surface area contributed by atoms with Crippen LogP contribution in [-0.2, 0) is 11.3 Å². The molecular weight excluding hydrogens is 294 g/mol. The Bertz CT molecular complexity index is 663. The largest absolute Gasteiger partial charge is 0.497 e. The molecule has 0 radical (unpaired) electrons. The zero-order chi connectivity index (χ0) is 16.1. The number of nitrogens with zero attached hydrogens (tertiary/aromatic N) is 2. The first-order valence-electron chi connectivity index (χ1n) is 8.01. The highest BCUT2D eigenvalue weighted by molar-refractivity contribution is 5.78. The number of nitrogens with one attached hydrogen (secondary N) is 1.